The van der Waals surface area contributed by atoms with Crippen LogP contribution in [0.4, 0.5) is 0 Å². The molecular weight excluding hydrogens is 202 g/mol. The minimum absolute atomic E-state index is 0. The summed E-state index contributed by atoms with van der Waals surface area (Å²) >= 11 is 0. The SMILES string of the molecule is [C-]#CCC1(O)CCN(C)CC1.[Cu+]. The third-order valence-electron chi connectivity index (χ3n) is 2.34. The van der Waals surface area contributed by atoms with Gasteiger partial charge < -0.3 is 22.4 Å². The van der Waals surface area contributed by atoms with Crippen molar-refractivity contribution >= 4 is 0 Å². The van der Waals surface area contributed by atoms with Crippen molar-refractivity contribution in [2.24, 2.45) is 0 Å². The molecule has 0 atom stereocenters. The van der Waals surface area contributed by atoms with Crippen LogP contribution in [0.1, 0.15) is 19.3 Å². The maximum absolute atomic E-state index is 9.78. The van der Waals surface area contributed by atoms with Crippen molar-refractivity contribution < 1.29 is 22.2 Å². The molecule has 1 saturated heterocycles. The molecule has 1 aliphatic heterocycles. The Bertz CT molecular complexity index is 168. The Hall–Kier alpha value is -0.000519. The molecule has 0 saturated carbocycles. The van der Waals surface area contributed by atoms with E-state index in [4.69, 9.17) is 6.42 Å². The molecule has 0 aromatic rings. The van der Waals surface area contributed by atoms with Crippen LogP contribution in [0.5, 0.6) is 0 Å². The molecule has 1 N–H and O–H groups in total. The number of piperidine rings is 1. The van der Waals surface area contributed by atoms with Gasteiger partial charge in [0.2, 0.25) is 0 Å². The fourth-order valence-electron chi connectivity index (χ4n) is 1.38. The zero-order chi connectivity index (χ0) is 8.32. The summed E-state index contributed by atoms with van der Waals surface area (Å²) in [5.41, 5.74) is -0.631. The number of rotatable bonds is 1. The minimum atomic E-state index is -0.631. The first-order valence-electron chi connectivity index (χ1n) is 3.97. The number of aliphatic hydroxyl groups is 1. The normalized spacial score (nSPS) is 22.4. The van der Waals surface area contributed by atoms with Gasteiger partial charge in [0.25, 0.3) is 0 Å². The maximum Gasteiger partial charge on any atom is 1.00 e. The summed E-state index contributed by atoms with van der Waals surface area (Å²) in [6, 6.07) is 0. The molecule has 1 aliphatic rings. The molecule has 0 aliphatic carbocycles. The van der Waals surface area contributed by atoms with Crippen LogP contribution in [-0.4, -0.2) is 35.7 Å². The molecule has 12 heavy (non-hydrogen) atoms. The van der Waals surface area contributed by atoms with Crippen molar-refractivity contribution in [3.63, 3.8) is 0 Å². The van der Waals surface area contributed by atoms with E-state index in [0.717, 1.165) is 25.9 Å². The predicted molar refractivity (Wildman–Crippen MR) is 43.4 cm³/mol. The molecule has 0 aromatic heterocycles. The molecule has 3 heteroatoms. The summed E-state index contributed by atoms with van der Waals surface area (Å²) in [6.45, 7) is 1.86. The van der Waals surface area contributed by atoms with Gasteiger partial charge >= 0.3 is 17.1 Å². The van der Waals surface area contributed by atoms with E-state index < -0.39 is 5.60 Å². The van der Waals surface area contributed by atoms with Crippen molar-refractivity contribution in [3.05, 3.63) is 6.42 Å². The average Bonchev–Trinajstić information content (AvgIpc) is 1.97. The Morgan fingerprint density at radius 2 is 2.00 bits per heavy atom. The van der Waals surface area contributed by atoms with E-state index in [1.165, 1.54) is 0 Å². The monoisotopic (exact) mass is 215 g/mol. The number of nitrogens with zero attached hydrogens (tertiary/aromatic N) is 1. The van der Waals surface area contributed by atoms with E-state index in [9.17, 15) is 5.11 Å². The standard InChI is InChI=1S/C9H14NO.Cu/c1-3-4-9(11)5-7-10(2)8-6-9;/h11H,4-8H2,2H3;/q-1;+1. The molecule has 0 bridgehead atoms. The minimum Gasteiger partial charge on any atom is -0.694 e. The summed E-state index contributed by atoms with van der Waals surface area (Å²) in [4.78, 5) is 2.19. The third-order valence-corrected chi connectivity index (χ3v) is 2.34. The van der Waals surface area contributed by atoms with Gasteiger partial charge in [-0.05, 0) is 26.3 Å². The van der Waals surface area contributed by atoms with Gasteiger partial charge in [-0.1, -0.05) is 0 Å². The van der Waals surface area contributed by atoms with E-state index in [1.807, 2.05) is 7.05 Å². The van der Waals surface area contributed by atoms with Gasteiger partial charge in [0.15, 0.2) is 0 Å². The zero-order valence-corrected chi connectivity index (χ0v) is 8.17. The summed E-state index contributed by atoms with van der Waals surface area (Å²) in [7, 11) is 2.05. The molecule has 0 unspecified atom stereocenters. The van der Waals surface area contributed by atoms with Crippen molar-refractivity contribution in [1.29, 1.82) is 0 Å². The molecule has 2 nitrogen and oxygen atoms in total. The van der Waals surface area contributed by atoms with E-state index in [2.05, 4.69) is 10.8 Å². The van der Waals surface area contributed by atoms with Gasteiger partial charge in [0.1, 0.15) is 0 Å². The number of hydrogen-bond donors (Lipinski definition) is 1. The van der Waals surface area contributed by atoms with E-state index in [0.29, 0.717) is 6.42 Å². The molecule has 0 radical (unpaired) electrons. The van der Waals surface area contributed by atoms with Crippen LogP contribution in [-0.2, 0) is 17.1 Å². The second kappa shape index (κ2) is 4.89. The molecule has 1 fully saturated rings. The van der Waals surface area contributed by atoms with Crippen LogP contribution >= 0.6 is 0 Å². The molecule has 1 rings (SSSR count). The van der Waals surface area contributed by atoms with Crippen LogP contribution in [0.2, 0.25) is 0 Å². The van der Waals surface area contributed by atoms with Crippen LogP contribution in [0, 0.1) is 12.3 Å². The van der Waals surface area contributed by atoms with Crippen LogP contribution < -0.4 is 0 Å². The first kappa shape index (κ1) is 12.0. The molecule has 0 amide bonds. The van der Waals surface area contributed by atoms with Gasteiger partial charge in [-0.2, -0.15) is 0 Å². The van der Waals surface area contributed by atoms with E-state index >= 15 is 0 Å². The topological polar surface area (TPSA) is 23.5 Å². The summed E-state index contributed by atoms with van der Waals surface area (Å²) in [6.07, 6.45) is 8.73. The Kier molecular flexibility index (Phi) is 4.89. The zero-order valence-electron chi connectivity index (χ0n) is 7.23. The molecule has 0 aromatic carbocycles. The maximum atomic E-state index is 9.78. The summed E-state index contributed by atoms with van der Waals surface area (Å²) < 4.78 is 0. The predicted octanol–water partition coefficient (Wildman–Crippen LogP) is 0.420. The Labute approximate surface area is 84.8 Å². The second-order valence-electron chi connectivity index (χ2n) is 3.38. The second-order valence-corrected chi connectivity index (χ2v) is 3.38. The molecule has 0 spiro atoms. The summed E-state index contributed by atoms with van der Waals surface area (Å²) in [5.74, 6) is 2.27. The van der Waals surface area contributed by atoms with Crippen LogP contribution in [0.15, 0.2) is 0 Å². The third kappa shape index (κ3) is 3.16. The summed E-state index contributed by atoms with van der Waals surface area (Å²) in [5, 5.41) is 9.78. The van der Waals surface area contributed by atoms with Gasteiger partial charge in [0, 0.05) is 13.1 Å². The fraction of sp³-hybridized carbons (Fsp3) is 0.778. The molecule has 72 valence electrons. The first-order valence-corrected chi connectivity index (χ1v) is 3.97. The Morgan fingerprint density at radius 1 is 1.50 bits per heavy atom. The van der Waals surface area contributed by atoms with E-state index in [1.54, 1.807) is 0 Å². The Morgan fingerprint density at radius 3 is 2.42 bits per heavy atom. The van der Waals surface area contributed by atoms with Crippen molar-refractivity contribution in [2.75, 3.05) is 20.1 Å². The fourth-order valence-corrected chi connectivity index (χ4v) is 1.38. The molecular formula is C9H14CuNO. The number of hydrogen-bond acceptors (Lipinski definition) is 2. The largest absolute Gasteiger partial charge is 1.00 e. The smallest absolute Gasteiger partial charge is 0.694 e. The van der Waals surface area contributed by atoms with Crippen LogP contribution in [0.3, 0.4) is 0 Å². The van der Waals surface area contributed by atoms with Gasteiger partial charge in [0.05, 0.1) is 5.60 Å². The van der Waals surface area contributed by atoms with Gasteiger partial charge in [-0.15, -0.1) is 0 Å². The average molecular weight is 216 g/mol. The van der Waals surface area contributed by atoms with Crippen LogP contribution in [0.25, 0.3) is 0 Å². The number of likely N-dealkylation sites (tertiary alicyclic amines) is 1. The Balaban J connectivity index is 0.00000121. The van der Waals surface area contributed by atoms with Crippen molar-refractivity contribution in [3.8, 4) is 5.92 Å². The molecule has 1 heterocycles. The first-order chi connectivity index (χ1) is 5.16. The quantitative estimate of drug-likeness (QED) is 0.390. The van der Waals surface area contributed by atoms with E-state index in [-0.39, 0.29) is 17.1 Å². The van der Waals surface area contributed by atoms with Crippen molar-refractivity contribution in [2.45, 2.75) is 24.9 Å². The van der Waals surface area contributed by atoms with Gasteiger partial charge in [-0.3, -0.25) is 0 Å². The van der Waals surface area contributed by atoms with Gasteiger partial charge in [-0.25, -0.2) is 0 Å². The van der Waals surface area contributed by atoms with Crippen molar-refractivity contribution in [1.82, 2.24) is 4.90 Å².